The Balaban J connectivity index is 1.65. The van der Waals surface area contributed by atoms with Crippen LogP contribution < -0.4 is 19.3 Å². The van der Waals surface area contributed by atoms with E-state index in [0.717, 1.165) is 17.7 Å². The summed E-state index contributed by atoms with van der Waals surface area (Å²) in [5.74, 6) is -0.324. The minimum absolute atomic E-state index is 0.0467. The van der Waals surface area contributed by atoms with Gasteiger partial charge in [-0.1, -0.05) is 43.3 Å². The molecule has 0 spiro atoms. The molecule has 2 aliphatic heterocycles. The van der Waals surface area contributed by atoms with Crippen LogP contribution in [0.15, 0.2) is 78.4 Å². The van der Waals surface area contributed by atoms with Crippen molar-refractivity contribution >= 4 is 28.8 Å². The number of ether oxygens (including phenoxy) is 2. The lowest BCUT2D eigenvalue weighted by atomic mass is 9.95. The maximum atomic E-state index is 13.4. The molecule has 0 bridgehead atoms. The lowest BCUT2D eigenvalue weighted by molar-refractivity contribution is -0.132. The highest BCUT2D eigenvalue weighted by Gasteiger charge is 2.47. The third kappa shape index (κ3) is 4.17. The Morgan fingerprint density at radius 3 is 2.64 bits per heavy atom. The van der Waals surface area contributed by atoms with Crippen molar-refractivity contribution in [2.45, 2.75) is 19.4 Å². The number of rotatable bonds is 6. The quantitative estimate of drug-likeness (QED) is 0.304. The second-order valence-electron chi connectivity index (χ2n) is 8.88. The van der Waals surface area contributed by atoms with Gasteiger partial charge in [-0.3, -0.25) is 14.5 Å². The van der Waals surface area contributed by atoms with E-state index >= 15 is 0 Å². The summed E-state index contributed by atoms with van der Waals surface area (Å²) in [7, 11) is 1.95. The van der Waals surface area contributed by atoms with Gasteiger partial charge in [-0.2, -0.15) is 0 Å². The summed E-state index contributed by atoms with van der Waals surface area (Å²) < 4.78 is 11.5. The van der Waals surface area contributed by atoms with Gasteiger partial charge in [0.1, 0.15) is 23.9 Å². The molecule has 1 unspecified atom stereocenters. The van der Waals surface area contributed by atoms with Gasteiger partial charge in [0.25, 0.3) is 11.7 Å². The van der Waals surface area contributed by atoms with Crippen LogP contribution in [0, 0.1) is 0 Å². The second kappa shape index (κ2) is 9.77. The number of carbonyl (C=O) groups is 2. The molecule has 0 aromatic heterocycles. The van der Waals surface area contributed by atoms with E-state index < -0.39 is 17.7 Å². The molecular formula is C29H28N2O5. The van der Waals surface area contributed by atoms with Gasteiger partial charge in [0.2, 0.25) is 0 Å². The van der Waals surface area contributed by atoms with E-state index in [0.29, 0.717) is 42.5 Å². The Morgan fingerprint density at radius 1 is 1.06 bits per heavy atom. The summed E-state index contributed by atoms with van der Waals surface area (Å²) >= 11 is 0. The number of benzene rings is 3. The molecule has 1 amide bonds. The first-order valence-corrected chi connectivity index (χ1v) is 12.1. The van der Waals surface area contributed by atoms with Crippen LogP contribution in [-0.4, -0.2) is 43.6 Å². The van der Waals surface area contributed by atoms with Crippen molar-refractivity contribution in [2.24, 2.45) is 0 Å². The van der Waals surface area contributed by atoms with E-state index in [1.807, 2.05) is 55.3 Å². The fourth-order valence-electron chi connectivity index (χ4n) is 4.65. The number of Topliss-reactive ketones (excluding diaryl/α,β-unsaturated/α-hetero) is 1. The van der Waals surface area contributed by atoms with Gasteiger partial charge < -0.3 is 19.5 Å². The number of nitrogens with zero attached hydrogens (tertiary/aromatic N) is 2. The Morgan fingerprint density at radius 2 is 1.86 bits per heavy atom. The first-order valence-electron chi connectivity index (χ1n) is 12.1. The maximum absolute atomic E-state index is 13.4. The lowest BCUT2D eigenvalue weighted by Gasteiger charge is -2.28. The van der Waals surface area contributed by atoms with Crippen LogP contribution in [0.25, 0.3) is 5.76 Å². The van der Waals surface area contributed by atoms with Gasteiger partial charge in [-0.25, -0.2) is 0 Å². The van der Waals surface area contributed by atoms with E-state index in [1.165, 1.54) is 4.90 Å². The van der Waals surface area contributed by atoms with Gasteiger partial charge in [0.05, 0.1) is 30.5 Å². The number of hydrogen-bond donors (Lipinski definition) is 1. The molecule has 1 N–H and O–H groups in total. The Hall–Kier alpha value is -4.26. The Kier molecular flexibility index (Phi) is 6.38. The minimum atomic E-state index is -0.794. The molecule has 7 heteroatoms. The third-order valence-electron chi connectivity index (χ3n) is 6.46. The van der Waals surface area contributed by atoms with Crippen molar-refractivity contribution in [3.05, 3.63) is 89.5 Å². The van der Waals surface area contributed by atoms with Gasteiger partial charge in [0, 0.05) is 24.4 Å². The highest BCUT2D eigenvalue weighted by molar-refractivity contribution is 6.51. The SMILES string of the molecule is CCCOc1cccc(N2C(=O)C(=O)/C(=C(\O)c3ccc4c(c3)N(C)CCO4)C2c2ccccc2)c1. The van der Waals surface area contributed by atoms with Crippen LogP contribution in [0.4, 0.5) is 11.4 Å². The van der Waals surface area contributed by atoms with Crippen LogP contribution in [0.5, 0.6) is 11.5 Å². The van der Waals surface area contributed by atoms with Crippen LogP contribution in [-0.2, 0) is 9.59 Å². The number of hydrogen-bond acceptors (Lipinski definition) is 6. The monoisotopic (exact) mass is 484 g/mol. The fourth-order valence-corrected chi connectivity index (χ4v) is 4.65. The summed E-state index contributed by atoms with van der Waals surface area (Å²) in [6, 6.07) is 20.9. The number of anilines is 2. The van der Waals surface area contributed by atoms with E-state index in [2.05, 4.69) is 0 Å². The highest BCUT2D eigenvalue weighted by Crippen LogP contribution is 2.43. The first-order chi connectivity index (χ1) is 17.5. The van der Waals surface area contributed by atoms with E-state index in [9.17, 15) is 14.7 Å². The molecule has 1 atom stereocenters. The number of amides is 1. The summed E-state index contributed by atoms with van der Waals surface area (Å²) in [4.78, 5) is 30.3. The zero-order valence-electron chi connectivity index (χ0n) is 20.3. The predicted octanol–water partition coefficient (Wildman–Crippen LogP) is 4.93. The Labute approximate surface area is 210 Å². The van der Waals surface area contributed by atoms with Crippen molar-refractivity contribution < 1.29 is 24.2 Å². The predicted molar refractivity (Wildman–Crippen MR) is 139 cm³/mol. The number of aliphatic hydroxyl groups excluding tert-OH is 1. The molecule has 184 valence electrons. The van der Waals surface area contributed by atoms with Gasteiger partial charge in [-0.15, -0.1) is 0 Å². The standard InChI is InChI=1S/C29H28N2O5/c1-3-15-35-22-11-7-10-21(18-22)31-26(19-8-5-4-6-9-19)25(28(33)29(31)34)27(32)20-12-13-24-23(17-20)30(2)14-16-36-24/h4-13,17-18,26,32H,3,14-16H2,1-2H3/b27-25-. The largest absolute Gasteiger partial charge is 0.507 e. The van der Waals surface area contributed by atoms with Crippen LogP contribution in [0.2, 0.25) is 0 Å². The number of ketones is 1. The fraction of sp³-hybridized carbons (Fsp3) is 0.241. The molecule has 1 saturated heterocycles. The maximum Gasteiger partial charge on any atom is 0.300 e. The molecule has 3 aromatic rings. The van der Waals surface area contributed by atoms with E-state index in [-0.39, 0.29) is 11.3 Å². The normalized spacial score (nSPS) is 18.7. The van der Waals surface area contributed by atoms with Crippen molar-refractivity contribution in [1.29, 1.82) is 0 Å². The molecular weight excluding hydrogens is 456 g/mol. The van der Waals surface area contributed by atoms with E-state index in [4.69, 9.17) is 9.47 Å². The third-order valence-corrected chi connectivity index (χ3v) is 6.46. The molecule has 0 saturated carbocycles. The minimum Gasteiger partial charge on any atom is -0.507 e. The summed E-state index contributed by atoms with van der Waals surface area (Å²) in [6.07, 6.45) is 0.847. The van der Waals surface area contributed by atoms with E-state index in [1.54, 1.807) is 36.4 Å². The average molecular weight is 485 g/mol. The van der Waals surface area contributed by atoms with Crippen LogP contribution in [0.3, 0.4) is 0 Å². The molecule has 2 aliphatic rings. The molecule has 0 aliphatic carbocycles. The summed E-state index contributed by atoms with van der Waals surface area (Å²) in [6.45, 7) is 3.85. The number of carbonyl (C=O) groups excluding carboxylic acids is 2. The van der Waals surface area contributed by atoms with Gasteiger partial charge in [0.15, 0.2) is 0 Å². The molecule has 3 aromatic carbocycles. The highest BCUT2D eigenvalue weighted by atomic mass is 16.5. The number of likely N-dealkylation sites (N-methyl/N-ethyl adjacent to an activating group) is 1. The summed E-state index contributed by atoms with van der Waals surface area (Å²) in [5, 5.41) is 11.5. The van der Waals surface area contributed by atoms with Gasteiger partial charge in [-0.05, 0) is 42.3 Å². The van der Waals surface area contributed by atoms with Crippen molar-refractivity contribution in [3.8, 4) is 11.5 Å². The lowest BCUT2D eigenvalue weighted by Crippen LogP contribution is -2.29. The first kappa shape index (κ1) is 23.5. The molecule has 7 nitrogen and oxygen atoms in total. The van der Waals surface area contributed by atoms with Crippen molar-refractivity contribution in [3.63, 3.8) is 0 Å². The molecule has 36 heavy (non-hydrogen) atoms. The number of fused-ring (bicyclic) bond motifs is 1. The summed E-state index contributed by atoms with van der Waals surface area (Å²) in [5.41, 5.74) is 2.56. The second-order valence-corrected chi connectivity index (χ2v) is 8.88. The van der Waals surface area contributed by atoms with Crippen molar-refractivity contribution in [1.82, 2.24) is 0 Å². The molecule has 5 rings (SSSR count). The number of aliphatic hydroxyl groups is 1. The average Bonchev–Trinajstić information content (AvgIpc) is 3.18. The van der Waals surface area contributed by atoms with Gasteiger partial charge >= 0.3 is 0 Å². The van der Waals surface area contributed by atoms with Crippen LogP contribution in [0.1, 0.15) is 30.5 Å². The smallest absolute Gasteiger partial charge is 0.300 e. The Bertz CT molecular complexity index is 1330. The van der Waals surface area contributed by atoms with Crippen molar-refractivity contribution in [2.75, 3.05) is 36.6 Å². The van der Waals surface area contributed by atoms with Crippen LogP contribution >= 0.6 is 0 Å². The molecule has 2 heterocycles. The zero-order chi connectivity index (χ0) is 25.2. The topological polar surface area (TPSA) is 79.3 Å². The molecule has 1 fully saturated rings. The zero-order valence-corrected chi connectivity index (χ0v) is 20.3. The molecule has 0 radical (unpaired) electrons.